The Labute approximate surface area is 187 Å². The Morgan fingerprint density at radius 3 is 2.83 bits per heavy atom. The summed E-state index contributed by atoms with van der Waals surface area (Å²) in [5, 5.41) is 4.64. The van der Waals surface area contributed by atoms with Crippen molar-refractivity contribution in [2.24, 2.45) is 0 Å². The lowest BCUT2D eigenvalue weighted by Gasteiger charge is -2.14. The molecule has 0 radical (unpaired) electrons. The molecule has 0 unspecified atom stereocenters. The number of nitrogens with one attached hydrogen (secondary N) is 1. The molecule has 4 nitrogen and oxygen atoms in total. The lowest BCUT2D eigenvalue weighted by Crippen LogP contribution is -2.29. The highest BCUT2D eigenvalue weighted by atomic mass is 35.5. The number of carbonyl (C=O) groups excluding carboxylic acids is 2. The summed E-state index contributed by atoms with van der Waals surface area (Å²) in [6.07, 6.45) is 4.44. The van der Waals surface area contributed by atoms with Gasteiger partial charge < -0.3 is 5.32 Å². The molecule has 0 saturated carbocycles. The van der Waals surface area contributed by atoms with E-state index in [0.717, 1.165) is 17.7 Å². The van der Waals surface area contributed by atoms with Gasteiger partial charge in [-0.3, -0.25) is 14.5 Å². The summed E-state index contributed by atoms with van der Waals surface area (Å²) in [7, 11) is 0. The number of amides is 2. The van der Waals surface area contributed by atoms with E-state index in [0.29, 0.717) is 34.3 Å². The summed E-state index contributed by atoms with van der Waals surface area (Å²) < 4.78 is 13.7. The van der Waals surface area contributed by atoms with Crippen molar-refractivity contribution in [2.45, 2.75) is 25.7 Å². The zero-order chi connectivity index (χ0) is 20.8. The molecule has 1 aliphatic heterocycles. The van der Waals surface area contributed by atoms with Gasteiger partial charge in [0.05, 0.1) is 9.93 Å². The molecule has 152 valence electrons. The fraction of sp³-hybridized carbons (Fsp3) is 0.250. The third kappa shape index (κ3) is 6.12. The van der Waals surface area contributed by atoms with Crippen LogP contribution < -0.4 is 5.32 Å². The number of thioether (sulfide) groups is 1. The predicted molar refractivity (Wildman–Crippen MR) is 123 cm³/mol. The predicted octanol–water partition coefficient (Wildman–Crippen LogP) is 5.94. The first-order chi connectivity index (χ1) is 13.9. The van der Waals surface area contributed by atoms with Gasteiger partial charge in [-0.2, -0.15) is 0 Å². The summed E-state index contributed by atoms with van der Waals surface area (Å²) in [6, 6.07) is 7.97. The molecule has 1 fully saturated rings. The molecule has 0 bridgehead atoms. The van der Waals surface area contributed by atoms with Crippen LogP contribution in [0.4, 0.5) is 10.1 Å². The monoisotopic (exact) mass is 468 g/mol. The Bertz CT molecular complexity index is 947. The number of carbonyl (C=O) groups is 2. The van der Waals surface area contributed by atoms with Crippen molar-refractivity contribution in [1.82, 2.24) is 4.90 Å². The molecule has 1 aromatic heterocycles. The number of hydrogen-bond donors (Lipinski definition) is 1. The van der Waals surface area contributed by atoms with Crippen molar-refractivity contribution in [3.8, 4) is 0 Å². The Hall–Kier alpha value is -1.74. The molecule has 0 aliphatic carbocycles. The van der Waals surface area contributed by atoms with Gasteiger partial charge in [-0.15, -0.1) is 11.3 Å². The second kappa shape index (κ2) is 10.3. The van der Waals surface area contributed by atoms with Gasteiger partial charge in [0, 0.05) is 23.5 Å². The lowest BCUT2D eigenvalue weighted by atomic mass is 10.1. The number of rotatable bonds is 8. The maximum absolute atomic E-state index is 13.1. The van der Waals surface area contributed by atoms with Crippen molar-refractivity contribution in [3.05, 3.63) is 56.3 Å². The number of benzene rings is 1. The number of halogens is 2. The molecular formula is C20H18ClFN2O2S3. The van der Waals surface area contributed by atoms with Gasteiger partial charge in [-0.25, -0.2) is 4.39 Å². The van der Waals surface area contributed by atoms with Crippen molar-refractivity contribution < 1.29 is 14.0 Å². The first-order valence-electron chi connectivity index (χ1n) is 8.98. The topological polar surface area (TPSA) is 49.4 Å². The quantitative estimate of drug-likeness (QED) is 0.296. The van der Waals surface area contributed by atoms with Crippen LogP contribution in [0, 0.1) is 5.82 Å². The molecule has 29 heavy (non-hydrogen) atoms. The highest BCUT2D eigenvalue weighted by Gasteiger charge is 2.31. The van der Waals surface area contributed by atoms with Gasteiger partial charge in [0.1, 0.15) is 10.1 Å². The molecule has 3 rings (SSSR count). The van der Waals surface area contributed by atoms with E-state index in [4.69, 9.17) is 23.8 Å². The molecule has 1 saturated heterocycles. The van der Waals surface area contributed by atoms with Gasteiger partial charge in [-0.1, -0.05) is 48.1 Å². The second-order valence-electron chi connectivity index (χ2n) is 6.34. The summed E-state index contributed by atoms with van der Waals surface area (Å²) in [5.74, 6) is -0.734. The zero-order valence-electron chi connectivity index (χ0n) is 15.3. The third-order valence-electron chi connectivity index (χ3n) is 4.18. The van der Waals surface area contributed by atoms with Crippen LogP contribution >= 0.6 is 46.9 Å². The molecular weight excluding hydrogens is 451 g/mol. The average molecular weight is 469 g/mol. The molecule has 0 atom stereocenters. The summed E-state index contributed by atoms with van der Waals surface area (Å²) in [4.78, 5) is 27.8. The van der Waals surface area contributed by atoms with E-state index < -0.39 is 5.82 Å². The van der Waals surface area contributed by atoms with E-state index in [2.05, 4.69) is 5.32 Å². The van der Waals surface area contributed by atoms with Crippen LogP contribution in [0.15, 0.2) is 40.6 Å². The SMILES string of the molecule is O=C(CCCCCN1C(=O)C(=Cc2cccs2)SC1=S)Nc1ccc(F)c(Cl)c1. The van der Waals surface area contributed by atoms with E-state index in [-0.39, 0.29) is 16.8 Å². The van der Waals surface area contributed by atoms with Gasteiger partial charge in [-0.05, 0) is 48.6 Å². The molecule has 2 amide bonds. The maximum atomic E-state index is 13.1. The number of nitrogens with zero attached hydrogens (tertiary/aromatic N) is 1. The number of unbranched alkanes of at least 4 members (excludes halogenated alkanes) is 2. The van der Waals surface area contributed by atoms with Crippen molar-refractivity contribution >= 4 is 74.8 Å². The van der Waals surface area contributed by atoms with E-state index in [9.17, 15) is 14.0 Å². The van der Waals surface area contributed by atoms with Gasteiger partial charge in [0.25, 0.3) is 5.91 Å². The number of thiophene rings is 1. The maximum Gasteiger partial charge on any atom is 0.266 e. The molecule has 1 N–H and O–H groups in total. The average Bonchev–Trinajstić information content (AvgIpc) is 3.28. The summed E-state index contributed by atoms with van der Waals surface area (Å²) in [6.45, 7) is 0.543. The first-order valence-corrected chi connectivity index (χ1v) is 11.5. The van der Waals surface area contributed by atoms with E-state index in [1.165, 1.54) is 30.0 Å². The number of thiocarbonyl (C=S) groups is 1. The van der Waals surface area contributed by atoms with Crippen molar-refractivity contribution in [3.63, 3.8) is 0 Å². The summed E-state index contributed by atoms with van der Waals surface area (Å²) in [5.41, 5.74) is 0.469. The minimum Gasteiger partial charge on any atom is -0.326 e. The van der Waals surface area contributed by atoms with Crippen LogP contribution in [-0.2, 0) is 9.59 Å². The minimum absolute atomic E-state index is 0.0283. The van der Waals surface area contributed by atoms with Gasteiger partial charge >= 0.3 is 0 Å². The first kappa shape index (κ1) is 22.0. The number of hydrogen-bond acceptors (Lipinski definition) is 5. The van der Waals surface area contributed by atoms with Crippen molar-refractivity contribution in [1.29, 1.82) is 0 Å². The van der Waals surface area contributed by atoms with Gasteiger partial charge in [0.2, 0.25) is 5.91 Å². The lowest BCUT2D eigenvalue weighted by molar-refractivity contribution is -0.122. The smallest absolute Gasteiger partial charge is 0.266 e. The zero-order valence-corrected chi connectivity index (χ0v) is 18.5. The molecule has 1 aromatic carbocycles. The fourth-order valence-corrected chi connectivity index (χ4v) is 4.94. The molecule has 2 heterocycles. The van der Waals surface area contributed by atoms with Crippen LogP contribution in [0.5, 0.6) is 0 Å². The molecule has 1 aliphatic rings. The summed E-state index contributed by atoms with van der Waals surface area (Å²) >= 11 is 13.9. The Morgan fingerprint density at radius 2 is 2.10 bits per heavy atom. The van der Waals surface area contributed by atoms with E-state index in [1.54, 1.807) is 16.2 Å². The normalized spacial score (nSPS) is 15.4. The van der Waals surface area contributed by atoms with E-state index in [1.807, 2.05) is 23.6 Å². The Morgan fingerprint density at radius 1 is 1.28 bits per heavy atom. The molecule has 9 heteroatoms. The van der Waals surface area contributed by atoms with Crippen LogP contribution in [0.25, 0.3) is 6.08 Å². The van der Waals surface area contributed by atoms with Crippen LogP contribution in [-0.4, -0.2) is 27.6 Å². The Balaban J connectivity index is 1.39. The fourth-order valence-electron chi connectivity index (χ4n) is 2.72. The van der Waals surface area contributed by atoms with Crippen LogP contribution in [0.3, 0.4) is 0 Å². The minimum atomic E-state index is -0.523. The van der Waals surface area contributed by atoms with Gasteiger partial charge in [0.15, 0.2) is 0 Å². The van der Waals surface area contributed by atoms with Crippen molar-refractivity contribution in [2.75, 3.05) is 11.9 Å². The molecule has 2 aromatic rings. The van der Waals surface area contributed by atoms with Crippen LogP contribution in [0.1, 0.15) is 30.6 Å². The standard InChI is InChI=1S/C20H18ClFN2O2S3/c21-15-11-13(7-8-16(15)22)23-18(25)6-2-1-3-9-24-19(26)17(29-20(24)27)12-14-5-4-10-28-14/h4-5,7-8,10-12H,1-3,6,9H2,(H,23,25). The molecule has 0 spiro atoms. The third-order valence-corrected chi connectivity index (χ3v) is 6.67. The highest BCUT2D eigenvalue weighted by Crippen LogP contribution is 2.33. The number of anilines is 1. The Kier molecular flexibility index (Phi) is 7.83. The van der Waals surface area contributed by atoms with Crippen LogP contribution in [0.2, 0.25) is 5.02 Å². The van der Waals surface area contributed by atoms with E-state index >= 15 is 0 Å². The largest absolute Gasteiger partial charge is 0.326 e. The second-order valence-corrected chi connectivity index (χ2v) is 9.40. The highest BCUT2D eigenvalue weighted by molar-refractivity contribution is 8.26.